The number of carbonyl (C=O) groups is 4. The molecule has 0 radical (unpaired) electrons. The van der Waals surface area contributed by atoms with Crippen molar-refractivity contribution in [2.24, 2.45) is 5.73 Å². The Balaban J connectivity index is 1.35. The fourth-order valence-corrected chi connectivity index (χ4v) is 7.36. The van der Waals surface area contributed by atoms with Gasteiger partial charge >= 0.3 is 5.97 Å². The number of fused-ring (bicyclic) bond motifs is 3. The second kappa shape index (κ2) is 13.5. The van der Waals surface area contributed by atoms with Crippen LogP contribution in [0.1, 0.15) is 80.1 Å². The van der Waals surface area contributed by atoms with Crippen molar-refractivity contribution in [3.05, 3.63) is 86.3 Å². The minimum absolute atomic E-state index is 0.00294. The number of aliphatic hydroxyl groups excluding tert-OH is 1. The third-order valence-electron chi connectivity index (χ3n) is 9.16. The van der Waals surface area contributed by atoms with Crippen molar-refractivity contribution >= 4 is 34.7 Å². The number of rotatable bonds is 9. The van der Waals surface area contributed by atoms with Crippen LogP contribution in [0.15, 0.2) is 48.0 Å². The lowest BCUT2D eigenvalue weighted by molar-refractivity contribution is -0.247. The normalized spacial score (nSPS) is 26.2. The maximum absolute atomic E-state index is 13.9. The summed E-state index contributed by atoms with van der Waals surface area (Å²) in [7, 11) is 1.33. The van der Waals surface area contributed by atoms with E-state index in [4.69, 9.17) is 24.7 Å². The van der Waals surface area contributed by atoms with Gasteiger partial charge in [0, 0.05) is 53.3 Å². The van der Waals surface area contributed by atoms with Crippen LogP contribution < -0.4 is 10.5 Å². The lowest BCUT2D eigenvalue weighted by atomic mass is 9.71. The zero-order chi connectivity index (χ0) is 35.2. The van der Waals surface area contributed by atoms with E-state index in [1.807, 2.05) is 5.38 Å². The Bertz CT molecular complexity index is 1840. The summed E-state index contributed by atoms with van der Waals surface area (Å²) in [6.45, 7) is 1.59. The number of aromatic hydroxyl groups is 2. The van der Waals surface area contributed by atoms with Crippen LogP contribution in [0, 0.1) is 0 Å². The molecule has 49 heavy (non-hydrogen) atoms. The number of phenolic OH excluding ortho intramolecular Hbond substituents is 2. The average molecular weight is 694 g/mol. The van der Waals surface area contributed by atoms with Gasteiger partial charge in [0.25, 0.3) is 0 Å². The molecule has 13 nitrogen and oxygen atoms in total. The summed E-state index contributed by atoms with van der Waals surface area (Å²) < 4.78 is 22.4. The van der Waals surface area contributed by atoms with Crippen molar-refractivity contribution in [3.8, 4) is 17.2 Å². The molecule has 0 bridgehead atoms. The molecule has 0 unspecified atom stereocenters. The molecule has 2 heterocycles. The topological polar surface area (TPSA) is 212 Å². The number of carbonyl (C=O) groups excluding carboxylic acids is 4. The lowest BCUT2D eigenvalue weighted by Crippen LogP contribution is -2.52. The largest absolute Gasteiger partial charge is 0.507 e. The van der Waals surface area contributed by atoms with Gasteiger partial charge in [0.2, 0.25) is 5.78 Å². The van der Waals surface area contributed by atoms with Gasteiger partial charge in [0.05, 0.1) is 54.8 Å². The fraction of sp³-hybridized carbons (Fsp3) is 0.371. The van der Waals surface area contributed by atoms with Gasteiger partial charge in [0.15, 0.2) is 17.9 Å². The quantitative estimate of drug-likeness (QED) is 0.0971. The molecule has 2 aliphatic carbocycles. The number of ether oxygens (including phenoxy) is 4. The number of Topliss-reactive ketones (excluding diaryl/α,β-unsaturated/α-hetero) is 1. The molecule has 3 aliphatic rings. The molecule has 2 aromatic carbocycles. The third kappa shape index (κ3) is 6.27. The summed E-state index contributed by atoms with van der Waals surface area (Å²) in [5.74, 6) is -4.10. The molecule has 3 aromatic rings. The maximum Gasteiger partial charge on any atom is 0.315 e. The van der Waals surface area contributed by atoms with Gasteiger partial charge in [0.1, 0.15) is 22.8 Å². The Hall–Kier alpha value is -4.44. The molecule has 6 N–H and O–H groups in total. The number of aliphatic hydroxyl groups is 2. The molecule has 1 aromatic heterocycles. The number of hydrogen-bond donors (Lipinski definition) is 5. The SMILES string of the molecule is COc1cccc2c1C(=O)c1c(O)c3c(c(O)c1C2=O)C[C@@](O)(C(=O)C/C=C/OC(=O)Cc1cccs1)C[C@@H]3O[C@H]1C[C@H](N)[C@H](O)[C@H](C)O1. The molecule has 14 heteroatoms. The van der Waals surface area contributed by atoms with Gasteiger partial charge in [-0.15, -0.1) is 11.3 Å². The fourth-order valence-electron chi connectivity index (χ4n) is 6.67. The van der Waals surface area contributed by atoms with Crippen LogP contribution in [-0.4, -0.2) is 81.0 Å². The predicted octanol–water partition coefficient (Wildman–Crippen LogP) is 2.76. The van der Waals surface area contributed by atoms with Crippen LogP contribution in [0.4, 0.5) is 0 Å². The van der Waals surface area contributed by atoms with E-state index in [-0.39, 0.29) is 47.3 Å². The van der Waals surface area contributed by atoms with E-state index >= 15 is 0 Å². The van der Waals surface area contributed by atoms with Crippen molar-refractivity contribution < 1.29 is 58.6 Å². The molecule has 1 saturated heterocycles. The van der Waals surface area contributed by atoms with Crippen LogP contribution in [0.5, 0.6) is 17.2 Å². The van der Waals surface area contributed by atoms with Crippen LogP contribution in [0.3, 0.4) is 0 Å². The molecule has 6 rings (SSSR count). The summed E-state index contributed by atoms with van der Waals surface area (Å²) in [6.07, 6.45) is -3.21. The number of methoxy groups -OCH3 is 1. The van der Waals surface area contributed by atoms with Crippen molar-refractivity contribution in [3.63, 3.8) is 0 Å². The van der Waals surface area contributed by atoms with E-state index in [2.05, 4.69) is 0 Å². The zero-order valence-electron chi connectivity index (χ0n) is 26.6. The molecule has 0 amide bonds. The van der Waals surface area contributed by atoms with Crippen LogP contribution in [0.2, 0.25) is 0 Å². The summed E-state index contributed by atoms with van der Waals surface area (Å²) >= 11 is 1.39. The van der Waals surface area contributed by atoms with Crippen LogP contribution in [-0.2, 0) is 36.6 Å². The van der Waals surface area contributed by atoms with Gasteiger partial charge in [-0.3, -0.25) is 19.2 Å². The average Bonchev–Trinajstić information content (AvgIpc) is 3.58. The highest BCUT2D eigenvalue weighted by Gasteiger charge is 2.50. The predicted molar refractivity (Wildman–Crippen MR) is 173 cm³/mol. The molecule has 258 valence electrons. The number of allylic oxidation sites excluding steroid dienone is 1. The molecule has 0 spiro atoms. The highest BCUT2D eigenvalue weighted by Crippen LogP contribution is 2.52. The van der Waals surface area contributed by atoms with Gasteiger partial charge in [-0.25, -0.2) is 0 Å². The number of phenols is 2. The lowest BCUT2D eigenvalue weighted by Gasteiger charge is -2.42. The van der Waals surface area contributed by atoms with Gasteiger partial charge < -0.3 is 45.1 Å². The highest BCUT2D eigenvalue weighted by molar-refractivity contribution is 7.10. The van der Waals surface area contributed by atoms with E-state index in [9.17, 15) is 39.6 Å². The first-order valence-electron chi connectivity index (χ1n) is 15.6. The minimum atomic E-state index is -2.22. The molecule has 1 fully saturated rings. The molecular weight excluding hydrogens is 658 g/mol. The van der Waals surface area contributed by atoms with Crippen molar-refractivity contribution in [1.82, 2.24) is 0 Å². The van der Waals surface area contributed by atoms with E-state index < -0.39 is 95.0 Å². The van der Waals surface area contributed by atoms with E-state index in [0.29, 0.717) is 0 Å². The van der Waals surface area contributed by atoms with Crippen molar-refractivity contribution in [2.45, 2.75) is 75.3 Å². The van der Waals surface area contributed by atoms with E-state index in [0.717, 1.165) is 11.1 Å². The first-order valence-corrected chi connectivity index (χ1v) is 16.5. The number of nitrogens with two attached hydrogens (primary N) is 1. The number of benzene rings is 2. The summed E-state index contributed by atoms with van der Waals surface area (Å²) in [5.41, 5.74) is 2.50. The van der Waals surface area contributed by atoms with Gasteiger partial charge in [-0.1, -0.05) is 18.2 Å². The Morgan fingerprint density at radius 2 is 1.86 bits per heavy atom. The number of hydrogen-bond acceptors (Lipinski definition) is 14. The second-order valence-electron chi connectivity index (χ2n) is 12.3. The minimum Gasteiger partial charge on any atom is -0.507 e. The number of ketones is 3. The molecular formula is C35H35NO12S. The van der Waals surface area contributed by atoms with Gasteiger partial charge in [-0.2, -0.15) is 0 Å². The maximum atomic E-state index is 13.9. The Morgan fingerprint density at radius 1 is 1.10 bits per heavy atom. The van der Waals surface area contributed by atoms with Gasteiger partial charge in [-0.05, 0) is 30.5 Å². The van der Waals surface area contributed by atoms with E-state index in [1.165, 1.54) is 42.7 Å². The van der Waals surface area contributed by atoms with Crippen molar-refractivity contribution in [2.75, 3.05) is 7.11 Å². The first-order chi connectivity index (χ1) is 23.3. The van der Waals surface area contributed by atoms with Crippen molar-refractivity contribution in [1.29, 1.82) is 0 Å². The Kier molecular flexibility index (Phi) is 9.46. The standard InChI is InChI=1S/C35H35NO12S/c1-16-30(39)20(36)13-25(47-16)48-22-15-35(44,23(37)9-4-10-46-24(38)12-17-6-5-11-49-17)14-19-27(22)34(43)29-28(32(19)41)31(40)18-7-3-8-21(45-2)26(18)33(29)42/h3-8,10-11,16,20,22,25,30,39,41,43-44H,9,12-15,36H2,1-2H3/b10-4+/t16-,20-,22-,25-,30+,35-/m0/s1. The summed E-state index contributed by atoms with van der Waals surface area (Å²) in [5, 5.41) is 47.3. The van der Waals surface area contributed by atoms with E-state index in [1.54, 1.807) is 19.1 Å². The second-order valence-corrected chi connectivity index (χ2v) is 13.4. The molecule has 0 saturated carbocycles. The monoisotopic (exact) mass is 693 g/mol. The molecule has 6 atom stereocenters. The summed E-state index contributed by atoms with van der Waals surface area (Å²) in [6, 6.07) is 7.22. The smallest absolute Gasteiger partial charge is 0.315 e. The zero-order valence-corrected chi connectivity index (χ0v) is 27.4. The first kappa shape index (κ1) is 34.4. The Labute approximate surface area is 284 Å². The highest BCUT2D eigenvalue weighted by atomic mass is 32.1. The van der Waals surface area contributed by atoms with Crippen LogP contribution >= 0.6 is 11.3 Å². The van der Waals surface area contributed by atoms with Crippen LogP contribution in [0.25, 0.3) is 0 Å². The number of thiophene rings is 1. The molecule has 1 aliphatic heterocycles. The number of esters is 1. The Morgan fingerprint density at radius 3 is 2.55 bits per heavy atom. The third-order valence-corrected chi connectivity index (χ3v) is 10.0. The summed E-state index contributed by atoms with van der Waals surface area (Å²) in [4.78, 5) is 54.2.